The van der Waals surface area contributed by atoms with E-state index < -0.39 is 12.6 Å². The zero-order valence-electron chi connectivity index (χ0n) is 9.26. The molecule has 0 aromatic carbocycles. The summed E-state index contributed by atoms with van der Waals surface area (Å²) in [6, 6.07) is 0.146. The van der Waals surface area contributed by atoms with Gasteiger partial charge in [0.15, 0.2) is 0 Å². The smallest absolute Gasteiger partial charge is 0.131 e. The SMILES string of the molecule is [2H]C([2H])([2H])C(=O)C[C@@H]1CCCN1C. The molecule has 2 nitrogen and oxygen atoms in total. The zero-order chi connectivity index (χ0) is 10.1. The Morgan fingerprint density at radius 3 is 3.20 bits per heavy atom. The fourth-order valence-corrected chi connectivity index (χ4v) is 1.45. The van der Waals surface area contributed by atoms with Crippen LogP contribution in [0.25, 0.3) is 0 Å². The second-order valence-electron chi connectivity index (χ2n) is 2.90. The zero-order valence-corrected chi connectivity index (χ0v) is 6.26. The average Bonchev–Trinajstić information content (AvgIpc) is 2.34. The van der Waals surface area contributed by atoms with E-state index in [0.29, 0.717) is 0 Å². The van der Waals surface area contributed by atoms with Gasteiger partial charge in [-0.05, 0) is 33.3 Å². The molecule has 0 aromatic heterocycles. The molecule has 0 spiro atoms. The fourth-order valence-electron chi connectivity index (χ4n) is 1.45. The molecule has 10 heavy (non-hydrogen) atoms. The van der Waals surface area contributed by atoms with Gasteiger partial charge < -0.3 is 4.90 Å². The van der Waals surface area contributed by atoms with E-state index in [4.69, 9.17) is 4.11 Å². The summed E-state index contributed by atoms with van der Waals surface area (Å²) in [6.45, 7) is -1.44. The van der Waals surface area contributed by atoms with Crippen LogP contribution in [0.15, 0.2) is 0 Å². The molecule has 0 unspecified atom stereocenters. The van der Waals surface area contributed by atoms with E-state index in [2.05, 4.69) is 4.90 Å². The van der Waals surface area contributed by atoms with Crippen molar-refractivity contribution in [3.05, 3.63) is 0 Å². The van der Waals surface area contributed by atoms with Crippen molar-refractivity contribution in [3.63, 3.8) is 0 Å². The van der Waals surface area contributed by atoms with Gasteiger partial charge >= 0.3 is 0 Å². The van der Waals surface area contributed by atoms with E-state index in [0.717, 1.165) is 19.4 Å². The molecular weight excluding hydrogens is 126 g/mol. The van der Waals surface area contributed by atoms with Crippen LogP contribution in [0.2, 0.25) is 0 Å². The first-order chi connectivity index (χ1) is 5.91. The van der Waals surface area contributed by atoms with Crippen LogP contribution >= 0.6 is 0 Å². The van der Waals surface area contributed by atoms with Crippen molar-refractivity contribution in [2.45, 2.75) is 32.2 Å². The lowest BCUT2D eigenvalue weighted by molar-refractivity contribution is -0.117. The Bertz CT molecular complexity index is 202. The molecule has 58 valence electrons. The predicted molar refractivity (Wildman–Crippen MR) is 41.0 cm³/mol. The standard InChI is InChI=1S/C8H15NO/c1-7(10)6-8-4-3-5-9(8)2/h8H,3-6H2,1-2H3/t8-/m0/s1/i1D3. The van der Waals surface area contributed by atoms with Crippen LogP contribution in [-0.4, -0.2) is 30.3 Å². The van der Waals surface area contributed by atoms with E-state index in [-0.39, 0.29) is 12.5 Å². The third kappa shape index (κ3) is 1.81. The molecule has 0 radical (unpaired) electrons. The molecule has 0 bridgehead atoms. The molecule has 1 heterocycles. The molecule has 0 saturated carbocycles. The Morgan fingerprint density at radius 1 is 1.90 bits per heavy atom. The van der Waals surface area contributed by atoms with E-state index in [9.17, 15) is 4.79 Å². The van der Waals surface area contributed by atoms with Gasteiger partial charge in [0.05, 0.1) is 0 Å². The molecular formula is C8H15NO. The number of nitrogens with zero attached hydrogens (tertiary/aromatic N) is 1. The maximum atomic E-state index is 11.2. The highest BCUT2D eigenvalue weighted by Crippen LogP contribution is 2.17. The van der Waals surface area contributed by atoms with Gasteiger partial charge in [-0.15, -0.1) is 0 Å². The topological polar surface area (TPSA) is 20.3 Å². The second kappa shape index (κ2) is 3.15. The number of rotatable bonds is 2. The van der Waals surface area contributed by atoms with Crippen molar-refractivity contribution < 1.29 is 8.91 Å². The van der Waals surface area contributed by atoms with Gasteiger partial charge in [-0.1, -0.05) is 0 Å². The minimum Gasteiger partial charge on any atom is -0.303 e. The van der Waals surface area contributed by atoms with Gasteiger partial charge in [0.25, 0.3) is 0 Å². The van der Waals surface area contributed by atoms with Crippen molar-refractivity contribution in [2.75, 3.05) is 13.6 Å². The summed E-state index contributed by atoms with van der Waals surface area (Å²) in [4.78, 5) is 13.2. The quantitative estimate of drug-likeness (QED) is 0.577. The number of ketones is 1. The molecule has 1 saturated heterocycles. The van der Waals surface area contributed by atoms with Crippen molar-refractivity contribution in [1.82, 2.24) is 4.90 Å². The van der Waals surface area contributed by atoms with E-state index in [1.165, 1.54) is 0 Å². The molecule has 1 fully saturated rings. The summed E-state index contributed by atoms with van der Waals surface area (Å²) in [5.74, 6) is -0.605. The fraction of sp³-hybridized carbons (Fsp3) is 0.875. The first-order valence-corrected chi connectivity index (χ1v) is 3.65. The van der Waals surface area contributed by atoms with Gasteiger partial charge in [0.2, 0.25) is 0 Å². The maximum absolute atomic E-state index is 11.2. The van der Waals surface area contributed by atoms with Crippen LogP contribution < -0.4 is 0 Å². The van der Waals surface area contributed by atoms with Crippen LogP contribution in [-0.2, 0) is 4.79 Å². The van der Waals surface area contributed by atoms with Crippen LogP contribution in [0.1, 0.15) is 30.2 Å². The summed E-state index contributed by atoms with van der Waals surface area (Å²) < 4.78 is 20.8. The van der Waals surface area contributed by atoms with Gasteiger partial charge in [0.1, 0.15) is 5.78 Å². The number of hydrogen-bond donors (Lipinski definition) is 0. The van der Waals surface area contributed by atoms with Crippen LogP contribution in [0.5, 0.6) is 0 Å². The highest BCUT2D eigenvalue weighted by Gasteiger charge is 2.21. The molecule has 0 amide bonds. The number of carbonyl (C=O) groups is 1. The monoisotopic (exact) mass is 144 g/mol. The first-order valence-electron chi connectivity index (χ1n) is 5.15. The highest BCUT2D eigenvalue weighted by molar-refractivity contribution is 5.76. The minimum atomic E-state index is -2.41. The molecule has 2 heteroatoms. The van der Waals surface area contributed by atoms with Crippen LogP contribution in [0.3, 0.4) is 0 Å². The summed E-state index contributed by atoms with van der Waals surface area (Å²) in [7, 11) is 1.93. The Morgan fingerprint density at radius 2 is 2.70 bits per heavy atom. The number of hydrogen-bond acceptors (Lipinski definition) is 2. The molecule has 1 rings (SSSR count). The average molecular weight is 144 g/mol. The van der Waals surface area contributed by atoms with Gasteiger partial charge in [-0.3, -0.25) is 4.79 Å². The Hall–Kier alpha value is -0.370. The van der Waals surface area contributed by atoms with Crippen molar-refractivity contribution >= 4 is 5.78 Å². The Balaban J connectivity index is 2.45. The largest absolute Gasteiger partial charge is 0.303 e. The second-order valence-corrected chi connectivity index (χ2v) is 2.90. The third-order valence-electron chi connectivity index (χ3n) is 2.09. The predicted octanol–water partition coefficient (Wildman–Crippen LogP) is 1.06. The van der Waals surface area contributed by atoms with Crippen LogP contribution in [0, 0.1) is 0 Å². The lowest BCUT2D eigenvalue weighted by Gasteiger charge is -2.17. The van der Waals surface area contributed by atoms with E-state index in [1.54, 1.807) is 0 Å². The van der Waals surface area contributed by atoms with Gasteiger partial charge in [-0.2, -0.15) is 0 Å². The van der Waals surface area contributed by atoms with Crippen molar-refractivity contribution in [3.8, 4) is 0 Å². The summed E-state index contributed by atoms with van der Waals surface area (Å²) in [5, 5.41) is 0. The normalized spacial score (nSPS) is 32.9. The molecule has 0 aliphatic carbocycles. The van der Waals surface area contributed by atoms with E-state index >= 15 is 0 Å². The van der Waals surface area contributed by atoms with Crippen LogP contribution in [0.4, 0.5) is 0 Å². The van der Waals surface area contributed by atoms with Crippen molar-refractivity contribution in [1.29, 1.82) is 0 Å². The lowest BCUT2D eigenvalue weighted by atomic mass is 10.1. The number of Topliss-reactive ketones (excluding diaryl/α,β-unsaturated/α-hetero) is 1. The molecule has 0 aromatic rings. The number of carbonyl (C=O) groups excluding carboxylic acids is 1. The molecule has 1 atom stereocenters. The highest BCUT2D eigenvalue weighted by atomic mass is 16.1. The minimum absolute atomic E-state index is 0.146. The lowest BCUT2D eigenvalue weighted by Crippen LogP contribution is -2.26. The first kappa shape index (κ1) is 4.50. The molecule has 1 aliphatic heterocycles. The van der Waals surface area contributed by atoms with Gasteiger partial charge in [-0.25, -0.2) is 0 Å². The maximum Gasteiger partial charge on any atom is 0.131 e. The summed E-state index contributed by atoms with van der Waals surface area (Å²) >= 11 is 0. The molecule has 0 N–H and O–H groups in total. The molecule has 1 aliphatic rings. The summed E-state index contributed by atoms with van der Waals surface area (Å²) in [5.41, 5.74) is 0. The van der Waals surface area contributed by atoms with Crippen molar-refractivity contribution in [2.24, 2.45) is 0 Å². The third-order valence-corrected chi connectivity index (χ3v) is 2.09. The number of likely N-dealkylation sites (tertiary alicyclic amines) is 1. The van der Waals surface area contributed by atoms with E-state index in [1.807, 2.05) is 7.05 Å². The summed E-state index contributed by atoms with van der Waals surface area (Å²) in [6.07, 6.45) is 2.18. The van der Waals surface area contributed by atoms with Gasteiger partial charge in [0, 0.05) is 16.6 Å². The Kier molecular flexibility index (Phi) is 1.42. The Labute approximate surface area is 66.4 Å².